The lowest BCUT2D eigenvalue weighted by Crippen LogP contribution is -2.09. The standard InChI is InChI=1S/C15H14N2O4/c1-10-3-7-13(14(9-10)17(19)20)16-15(18)8-6-12-5-4-11(2)21-12/h3-9H,1-2H3,(H,16,18). The Balaban J connectivity index is 2.13. The van der Waals surface area contributed by atoms with Crippen molar-refractivity contribution >= 4 is 23.4 Å². The normalized spacial score (nSPS) is 10.8. The quantitative estimate of drug-likeness (QED) is 0.530. The minimum Gasteiger partial charge on any atom is -0.462 e. The van der Waals surface area contributed by atoms with E-state index < -0.39 is 10.8 Å². The van der Waals surface area contributed by atoms with Crippen molar-refractivity contribution in [1.29, 1.82) is 0 Å². The zero-order valence-corrected chi connectivity index (χ0v) is 11.6. The fourth-order valence-corrected chi connectivity index (χ4v) is 1.77. The summed E-state index contributed by atoms with van der Waals surface area (Å²) in [5.41, 5.74) is 0.780. The number of nitrogens with one attached hydrogen (secondary N) is 1. The first-order chi connectivity index (χ1) is 9.95. The average molecular weight is 286 g/mol. The van der Waals surface area contributed by atoms with E-state index in [0.717, 1.165) is 11.3 Å². The molecule has 2 aromatic rings. The lowest BCUT2D eigenvalue weighted by molar-refractivity contribution is -0.384. The van der Waals surface area contributed by atoms with Crippen LogP contribution in [0.5, 0.6) is 0 Å². The number of nitrogens with zero attached hydrogens (tertiary/aromatic N) is 1. The van der Waals surface area contributed by atoms with Crippen molar-refractivity contribution in [3.8, 4) is 0 Å². The number of benzene rings is 1. The number of nitro groups is 1. The van der Waals surface area contributed by atoms with Gasteiger partial charge in [-0.3, -0.25) is 14.9 Å². The minimum atomic E-state index is -0.526. The first-order valence-corrected chi connectivity index (χ1v) is 6.26. The molecule has 0 atom stereocenters. The van der Waals surface area contributed by atoms with Crippen LogP contribution in [0.15, 0.2) is 40.8 Å². The van der Waals surface area contributed by atoms with Crippen LogP contribution in [0.4, 0.5) is 11.4 Å². The van der Waals surface area contributed by atoms with Gasteiger partial charge < -0.3 is 9.73 Å². The zero-order chi connectivity index (χ0) is 15.4. The van der Waals surface area contributed by atoms with Gasteiger partial charge in [0.15, 0.2) is 0 Å². The van der Waals surface area contributed by atoms with E-state index in [0.29, 0.717) is 5.76 Å². The second kappa shape index (κ2) is 6.04. The maximum Gasteiger partial charge on any atom is 0.293 e. The van der Waals surface area contributed by atoms with Crippen molar-refractivity contribution in [3.63, 3.8) is 0 Å². The highest BCUT2D eigenvalue weighted by Crippen LogP contribution is 2.25. The summed E-state index contributed by atoms with van der Waals surface area (Å²) < 4.78 is 5.29. The van der Waals surface area contributed by atoms with Crippen LogP contribution in [0.1, 0.15) is 17.1 Å². The largest absolute Gasteiger partial charge is 0.462 e. The monoisotopic (exact) mass is 286 g/mol. The molecule has 0 aliphatic rings. The summed E-state index contributed by atoms with van der Waals surface area (Å²) in [5.74, 6) is 0.821. The molecular formula is C15H14N2O4. The first kappa shape index (κ1) is 14.5. The zero-order valence-electron chi connectivity index (χ0n) is 11.6. The van der Waals surface area contributed by atoms with Crippen molar-refractivity contribution in [3.05, 3.63) is 63.6 Å². The molecule has 6 heteroatoms. The Morgan fingerprint density at radius 1 is 1.29 bits per heavy atom. The number of hydrogen-bond acceptors (Lipinski definition) is 4. The summed E-state index contributed by atoms with van der Waals surface area (Å²) in [6.07, 6.45) is 2.77. The number of nitro benzene ring substituents is 1. The summed E-state index contributed by atoms with van der Waals surface area (Å²) in [7, 11) is 0. The van der Waals surface area contributed by atoms with E-state index in [9.17, 15) is 14.9 Å². The molecule has 1 aromatic carbocycles. The summed E-state index contributed by atoms with van der Waals surface area (Å²) >= 11 is 0. The highest BCUT2D eigenvalue weighted by molar-refractivity contribution is 6.03. The maximum absolute atomic E-state index is 11.8. The van der Waals surface area contributed by atoms with Crippen molar-refractivity contribution < 1.29 is 14.1 Å². The molecule has 1 N–H and O–H groups in total. The molecule has 0 saturated carbocycles. The van der Waals surface area contributed by atoms with Crippen LogP contribution >= 0.6 is 0 Å². The summed E-state index contributed by atoms with van der Waals surface area (Å²) in [6.45, 7) is 3.55. The molecule has 0 saturated heterocycles. The van der Waals surface area contributed by atoms with E-state index in [1.807, 2.05) is 0 Å². The molecule has 6 nitrogen and oxygen atoms in total. The van der Waals surface area contributed by atoms with Gasteiger partial charge in [-0.2, -0.15) is 0 Å². The van der Waals surface area contributed by atoms with E-state index in [-0.39, 0.29) is 11.4 Å². The van der Waals surface area contributed by atoms with Crippen molar-refractivity contribution in [2.75, 3.05) is 5.32 Å². The highest BCUT2D eigenvalue weighted by atomic mass is 16.6. The second-order valence-corrected chi connectivity index (χ2v) is 4.55. The summed E-state index contributed by atoms with van der Waals surface area (Å²) in [6, 6.07) is 8.13. The third-order valence-corrected chi connectivity index (χ3v) is 2.77. The summed E-state index contributed by atoms with van der Waals surface area (Å²) in [5, 5.41) is 13.4. The Morgan fingerprint density at radius 2 is 2.05 bits per heavy atom. The van der Waals surface area contributed by atoms with Crippen molar-refractivity contribution in [2.24, 2.45) is 0 Å². The number of carbonyl (C=O) groups is 1. The predicted octanol–water partition coefficient (Wildman–Crippen LogP) is 3.46. The van der Waals surface area contributed by atoms with Gasteiger partial charge in [-0.1, -0.05) is 6.07 Å². The van der Waals surface area contributed by atoms with Gasteiger partial charge in [-0.05, 0) is 43.7 Å². The van der Waals surface area contributed by atoms with E-state index in [4.69, 9.17) is 4.42 Å². The van der Waals surface area contributed by atoms with Crippen LogP contribution in [-0.2, 0) is 4.79 Å². The third-order valence-electron chi connectivity index (χ3n) is 2.77. The van der Waals surface area contributed by atoms with Crippen molar-refractivity contribution in [2.45, 2.75) is 13.8 Å². The number of anilines is 1. The molecule has 0 spiro atoms. The Bertz CT molecular complexity index is 716. The molecule has 0 fully saturated rings. The summed E-state index contributed by atoms with van der Waals surface area (Å²) in [4.78, 5) is 22.2. The molecular weight excluding hydrogens is 272 g/mol. The number of carbonyl (C=O) groups excluding carboxylic acids is 1. The molecule has 0 aliphatic heterocycles. The second-order valence-electron chi connectivity index (χ2n) is 4.55. The topological polar surface area (TPSA) is 85.4 Å². The van der Waals surface area contributed by atoms with Crippen LogP contribution in [0.25, 0.3) is 6.08 Å². The van der Waals surface area contributed by atoms with Crippen LogP contribution in [0.3, 0.4) is 0 Å². The molecule has 0 radical (unpaired) electrons. The van der Waals surface area contributed by atoms with Crippen LogP contribution in [0.2, 0.25) is 0 Å². The van der Waals surface area contributed by atoms with Crippen molar-refractivity contribution in [1.82, 2.24) is 0 Å². The van der Waals surface area contributed by atoms with Crippen LogP contribution in [0, 0.1) is 24.0 Å². The highest BCUT2D eigenvalue weighted by Gasteiger charge is 2.14. The fourth-order valence-electron chi connectivity index (χ4n) is 1.77. The first-order valence-electron chi connectivity index (χ1n) is 6.26. The Morgan fingerprint density at radius 3 is 2.67 bits per heavy atom. The molecule has 1 amide bonds. The Labute approximate surface area is 121 Å². The molecule has 0 unspecified atom stereocenters. The third kappa shape index (κ3) is 3.79. The number of amides is 1. The van der Waals surface area contributed by atoms with Gasteiger partial charge in [0.2, 0.25) is 5.91 Å². The fraction of sp³-hybridized carbons (Fsp3) is 0.133. The maximum atomic E-state index is 11.8. The van der Waals surface area contributed by atoms with Gasteiger partial charge in [0.1, 0.15) is 17.2 Å². The number of aryl methyl sites for hydroxylation is 2. The molecule has 21 heavy (non-hydrogen) atoms. The van der Waals surface area contributed by atoms with Gasteiger partial charge in [-0.25, -0.2) is 0 Å². The van der Waals surface area contributed by atoms with E-state index >= 15 is 0 Å². The number of furan rings is 1. The SMILES string of the molecule is Cc1ccc(NC(=O)C=Cc2ccc(C)o2)c([N+](=O)[O-])c1. The number of hydrogen-bond donors (Lipinski definition) is 1. The molecule has 108 valence electrons. The lowest BCUT2D eigenvalue weighted by Gasteiger charge is -2.04. The number of rotatable bonds is 4. The smallest absolute Gasteiger partial charge is 0.293 e. The van der Waals surface area contributed by atoms with E-state index in [1.165, 1.54) is 24.3 Å². The van der Waals surface area contributed by atoms with Crippen LogP contribution in [-0.4, -0.2) is 10.8 Å². The minimum absolute atomic E-state index is 0.134. The van der Waals surface area contributed by atoms with E-state index in [1.54, 1.807) is 32.0 Å². The molecule has 0 aliphatic carbocycles. The lowest BCUT2D eigenvalue weighted by atomic mass is 10.2. The molecule has 1 aromatic heterocycles. The van der Waals surface area contributed by atoms with Gasteiger partial charge in [0.05, 0.1) is 4.92 Å². The molecule has 1 heterocycles. The Kier molecular flexibility index (Phi) is 4.18. The Hall–Kier alpha value is -2.89. The molecule has 0 bridgehead atoms. The van der Waals surface area contributed by atoms with E-state index in [2.05, 4.69) is 5.32 Å². The average Bonchev–Trinajstić information content (AvgIpc) is 2.84. The van der Waals surface area contributed by atoms with Crippen LogP contribution < -0.4 is 5.32 Å². The van der Waals surface area contributed by atoms with Gasteiger partial charge in [0, 0.05) is 12.1 Å². The van der Waals surface area contributed by atoms with Gasteiger partial charge in [0.25, 0.3) is 5.69 Å². The van der Waals surface area contributed by atoms with Gasteiger partial charge in [-0.15, -0.1) is 0 Å². The molecule has 2 rings (SSSR count). The predicted molar refractivity (Wildman–Crippen MR) is 78.9 cm³/mol. The van der Waals surface area contributed by atoms with Gasteiger partial charge >= 0.3 is 0 Å².